The maximum absolute atomic E-state index is 11.9. The monoisotopic (exact) mass is 369 g/mol. The number of nitrogens with one attached hydrogen (secondary N) is 2. The number of nitro benzene ring substituents is 1. The summed E-state index contributed by atoms with van der Waals surface area (Å²) in [4.78, 5) is 45.3. The number of hydrogen-bond acceptors (Lipinski definition) is 7. The molecule has 0 saturated carbocycles. The third kappa shape index (κ3) is 7.66. The highest BCUT2D eigenvalue weighted by atomic mass is 32.2. The molecule has 0 aliphatic rings. The molecule has 10 heteroatoms. The number of thioether (sulfide) groups is 1. The minimum absolute atomic E-state index is 0.0386. The highest BCUT2D eigenvalue weighted by molar-refractivity contribution is 8.00. The number of benzene rings is 1. The van der Waals surface area contributed by atoms with Crippen LogP contribution in [0.2, 0.25) is 0 Å². The largest absolute Gasteiger partial charge is 0.455 e. The molecule has 0 unspecified atom stereocenters. The van der Waals surface area contributed by atoms with Gasteiger partial charge in [0.2, 0.25) is 5.91 Å². The fourth-order valence-corrected chi connectivity index (χ4v) is 2.51. The van der Waals surface area contributed by atoms with Gasteiger partial charge in [-0.1, -0.05) is 0 Å². The number of likely N-dealkylation sites (N-methyl/N-ethyl adjacent to an activating group) is 1. The van der Waals surface area contributed by atoms with Gasteiger partial charge in [-0.3, -0.25) is 24.5 Å². The lowest BCUT2D eigenvalue weighted by Gasteiger charge is -2.11. The molecule has 9 nitrogen and oxygen atoms in total. The Hall–Kier alpha value is -2.62. The Morgan fingerprint density at radius 3 is 2.40 bits per heavy atom. The van der Waals surface area contributed by atoms with Gasteiger partial charge in [0.25, 0.3) is 11.6 Å². The van der Waals surface area contributed by atoms with Gasteiger partial charge in [-0.2, -0.15) is 0 Å². The van der Waals surface area contributed by atoms with E-state index < -0.39 is 28.7 Å². The standard InChI is InChI=1S/C15H19N3O6S/c1-3-16-13(19)8-17-14(20)9-24-15(21)10(2)25-12-6-4-11(5-7-12)18(22)23/h4-7,10H,3,8-9H2,1-2H3,(H,16,19)(H,17,20)/t10-/m0/s1. The van der Waals surface area contributed by atoms with E-state index >= 15 is 0 Å². The van der Waals surface area contributed by atoms with E-state index in [1.165, 1.54) is 24.3 Å². The van der Waals surface area contributed by atoms with E-state index in [9.17, 15) is 24.5 Å². The number of amides is 2. The van der Waals surface area contributed by atoms with E-state index in [1.54, 1.807) is 13.8 Å². The van der Waals surface area contributed by atoms with E-state index in [0.717, 1.165) is 11.8 Å². The summed E-state index contributed by atoms with van der Waals surface area (Å²) in [5.74, 6) is -1.51. The molecule has 1 aromatic rings. The summed E-state index contributed by atoms with van der Waals surface area (Å²) in [5, 5.41) is 14.8. The van der Waals surface area contributed by atoms with Gasteiger partial charge < -0.3 is 15.4 Å². The predicted octanol–water partition coefficient (Wildman–Crippen LogP) is 0.871. The number of nitro groups is 1. The molecule has 0 aliphatic carbocycles. The van der Waals surface area contributed by atoms with E-state index in [-0.39, 0.29) is 18.1 Å². The summed E-state index contributed by atoms with van der Waals surface area (Å²) in [6, 6.07) is 5.75. The minimum Gasteiger partial charge on any atom is -0.455 e. The maximum Gasteiger partial charge on any atom is 0.319 e. The quantitative estimate of drug-likeness (QED) is 0.286. The summed E-state index contributed by atoms with van der Waals surface area (Å²) >= 11 is 1.16. The second-order valence-electron chi connectivity index (χ2n) is 4.85. The third-order valence-electron chi connectivity index (χ3n) is 2.86. The number of hydrogen-bond donors (Lipinski definition) is 2. The van der Waals surface area contributed by atoms with Gasteiger partial charge in [0.1, 0.15) is 5.25 Å². The molecule has 0 radical (unpaired) electrons. The first-order valence-electron chi connectivity index (χ1n) is 7.44. The van der Waals surface area contributed by atoms with Crippen molar-refractivity contribution in [2.24, 2.45) is 0 Å². The molecular formula is C15H19N3O6S. The van der Waals surface area contributed by atoms with Crippen LogP contribution in [0.1, 0.15) is 13.8 Å². The number of esters is 1. The van der Waals surface area contributed by atoms with Crippen LogP contribution >= 0.6 is 11.8 Å². The Bertz CT molecular complexity index is 635. The Balaban J connectivity index is 2.37. The molecule has 0 bridgehead atoms. The van der Waals surface area contributed by atoms with Crippen LogP contribution in [0, 0.1) is 10.1 Å². The van der Waals surface area contributed by atoms with Crippen LogP contribution in [0.3, 0.4) is 0 Å². The molecule has 2 N–H and O–H groups in total. The van der Waals surface area contributed by atoms with Crippen molar-refractivity contribution in [3.05, 3.63) is 34.4 Å². The molecular weight excluding hydrogens is 350 g/mol. The van der Waals surface area contributed by atoms with Crippen molar-refractivity contribution >= 4 is 35.2 Å². The van der Waals surface area contributed by atoms with Crippen LogP contribution in [0.4, 0.5) is 5.69 Å². The molecule has 0 saturated heterocycles. The Kier molecular flexibility index (Phi) is 8.40. The third-order valence-corrected chi connectivity index (χ3v) is 3.95. The molecule has 0 heterocycles. The van der Waals surface area contributed by atoms with Crippen LogP contribution in [0.5, 0.6) is 0 Å². The Labute approximate surface area is 148 Å². The lowest BCUT2D eigenvalue weighted by atomic mass is 10.3. The van der Waals surface area contributed by atoms with E-state index in [4.69, 9.17) is 4.74 Å². The van der Waals surface area contributed by atoms with Crippen molar-refractivity contribution < 1.29 is 24.0 Å². The number of nitrogens with zero attached hydrogens (tertiary/aromatic N) is 1. The van der Waals surface area contributed by atoms with Crippen molar-refractivity contribution in [1.82, 2.24) is 10.6 Å². The molecule has 25 heavy (non-hydrogen) atoms. The lowest BCUT2D eigenvalue weighted by molar-refractivity contribution is -0.384. The summed E-state index contributed by atoms with van der Waals surface area (Å²) < 4.78 is 4.88. The fraction of sp³-hybridized carbons (Fsp3) is 0.400. The van der Waals surface area contributed by atoms with Crippen LogP contribution < -0.4 is 10.6 Å². The molecule has 0 fully saturated rings. The smallest absolute Gasteiger partial charge is 0.319 e. The average Bonchev–Trinajstić information content (AvgIpc) is 2.58. The topological polar surface area (TPSA) is 128 Å². The Morgan fingerprint density at radius 1 is 1.20 bits per heavy atom. The number of non-ortho nitro benzene ring substituents is 1. The average molecular weight is 369 g/mol. The van der Waals surface area contributed by atoms with Gasteiger partial charge in [0.05, 0.1) is 11.5 Å². The van der Waals surface area contributed by atoms with Gasteiger partial charge >= 0.3 is 5.97 Å². The van der Waals surface area contributed by atoms with Crippen LogP contribution in [-0.2, 0) is 19.1 Å². The Morgan fingerprint density at radius 2 is 1.84 bits per heavy atom. The minimum atomic E-state index is -0.600. The summed E-state index contributed by atoms with van der Waals surface area (Å²) in [7, 11) is 0. The number of rotatable bonds is 9. The van der Waals surface area contributed by atoms with Gasteiger partial charge in [0.15, 0.2) is 6.61 Å². The van der Waals surface area contributed by atoms with Crippen molar-refractivity contribution in [2.75, 3.05) is 19.7 Å². The first-order valence-corrected chi connectivity index (χ1v) is 8.32. The maximum atomic E-state index is 11.9. The number of ether oxygens (including phenoxy) is 1. The normalized spacial score (nSPS) is 11.3. The van der Waals surface area contributed by atoms with E-state index in [1.807, 2.05) is 0 Å². The molecule has 1 rings (SSSR count). The van der Waals surface area contributed by atoms with Crippen LogP contribution in [-0.4, -0.2) is 47.7 Å². The highest BCUT2D eigenvalue weighted by Crippen LogP contribution is 2.25. The second-order valence-corrected chi connectivity index (χ2v) is 6.26. The van der Waals surface area contributed by atoms with Crippen molar-refractivity contribution in [2.45, 2.75) is 24.0 Å². The molecule has 1 aromatic carbocycles. The summed E-state index contributed by atoms with van der Waals surface area (Å²) in [6.45, 7) is 3.15. The summed E-state index contributed by atoms with van der Waals surface area (Å²) in [6.07, 6.45) is 0. The van der Waals surface area contributed by atoms with Gasteiger partial charge in [-0.15, -0.1) is 11.8 Å². The van der Waals surface area contributed by atoms with Crippen LogP contribution in [0.15, 0.2) is 29.2 Å². The van der Waals surface area contributed by atoms with Gasteiger partial charge in [-0.25, -0.2) is 0 Å². The zero-order chi connectivity index (χ0) is 18.8. The number of carbonyl (C=O) groups excluding carboxylic acids is 3. The zero-order valence-corrected chi connectivity index (χ0v) is 14.6. The van der Waals surface area contributed by atoms with Crippen molar-refractivity contribution in [1.29, 1.82) is 0 Å². The van der Waals surface area contributed by atoms with Crippen molar-refractivity contribution in [3.63, 3.8) is 0 Å². The molecule has 1 atom stereocenters. The summed E-state index contributed by atoms with van der Waals surface area (Å²) in [5.41, 5.74) is -0.0386. The predicted molar refractivity (Wildman–Crippen MR) is 91.1 cm³/mol. The molecule has 2 amide bonds. The van der Waals surface area contributed by atoms with Crippen LogP contribution in [0.25, 0.3) is 0 Å². The first-order chi connectivity index (χ1) is 11.8. The van der Waals surface area contributed by atoms with Gasteiger partial charge in [0, 0.05) is 23.6 Å². The molecule has 0 aliphatic heterocycles. The second kappa shape index (κ2) is 10.3. The van der Waals surface area contributed by atoms with E-state index in [0.29, 0.717) is 11.4 Å². The molecule has 0 aromatic heterocycles. The highest BCUT2D eigenvalue weighted by Gasteiger charge is 2.18. The molecule has 136 valence electrons. The fourth-order valence-electron chi connectivity index (χ4n) is 1.64. The lowest BCUT2D eigenvalue weighted by Crippen LogP contribution is -2.38. The zero-order valence-electron chi connectivity index (χ0n) is 13.8. The van der Waals surface area contributed by atoms with E-state index in [2.05, 4.69) is 10.6 Å². The number of carbonyl (C=O) groups is 3. The van der Waals surface area contributed by atoms with Gasteiger partial charge in [-0.05, 0) is 26.0 Å². The molecule has 0 spiro atoms. The van der Waals surface area contributed by atoms with Crippen molar-refractivity contribution in [3.8, 4) is 0 Å². The first kappa shape index (κ1) is 20.4. The SMILES string of the molecule is CCNC(=O)CNC(=O)COC(=O)[C@H](C)Sc1ccc([N+](=O)[O-])cc1.